The number of carboxylic acids is 1. The van der Waals surface area contributed by atoms with Gasteiger partial charge in [-0.25, -0.2) is 0 Å². The van der Waals surface area contributed by atoms with Crippen LogP contribution in [0.15, 0.2) is 42.5 Å². The third kappa shape index (κ3) is 6.54. The van der Waals surface area contributed by atoms with E-state index in [9.17, 15) is 18.0 Å². The van der Waals surface area contributed by atoms with E-state index < -0.39 is 18.7 Å². The van der Waals surface area contributed by atoms with Crippen LogP contribution < -0.4 is 10.1 Å². The topological polar surface area (TPSA) is 58.6 Å². The van der Waals surface area contributed by atoms with Crippen molar-refractivity contribution in [1.82, 2.24) is 0 Å². The van der Waals surface area contributed by atoms with Crippen molar-refractivity contribution in [3.05, 3.63) is 58.6 Å². The van der Waals surface area contributed by atoms with Gasteiger partial charge in [0.05, 0.1) is 6.42 Å². The Bertz CT molecular complexity index is 750. The molecule has 0 aromatic heterocycles. The second-order valence-electron chi connectivity index (χ2n) is 5.28. The molecule has 25 heavy (non-hydrogen) atoms. The molecule has 0 saturated heterocycles. The van der Waals surface area contributed by atoms with Gasteiger partial charge in [0.25, 0.3) is 0 Å². The Morgan fingerprint density at radius 1 is 1.20 bits per heavy atom. The zero-order valence-electron chi connectivity index (χ0n) is 12.9. The van der Waals surface area contributed by atoms with E-state index in [4.69, 9.17) is 21.4 Å². The number of hydrogen-bond donors (Lipinski definition) is 2. The van der Waals surface area contributed by atoms with Gasteiger partial charge in [0.2, 0.25) is 0 Å². The van der Waals surface area contributed by atoms with Crippen molar-refractivity contribution in [2.45, 2.75) is 19.2 Å². The molecular formula is C17H15ClF3NO3. The van der Waals surface area contributed by atoms with Crippen LogP contribution in [0.1, 0.15) is 11.1 Å². The van der Waals surface area contributed by atoms with E-state index in [-0.39, 0.29) is 23.7 Å². The highest BCUT2D eigenvalue weighted by molar-refractivity contribution is 6.30. The number of carbonyl (C=O) groups is 1. The second kappa shape index (κ2) is 8.11. The molecule has 0 aliphatic heterocycles. The minimum Gasteiger partial charge on any atom is -0.489 e. The van der Waals surface area contributed by atoms with Crippen LogP contribution in [0, 0.1) is 0 Å². The Morgan fingerprint density at radius 3 is 2.60 bits per heavy atom. The number of anilines is 1. The van der Waals surface area contributed by atoms with Crippen LogP contribution in [0.2, 0.25) is 5.02 Å². The number of ether oxygens (including phenoxy) is 1. The molecule has 0 amide bonds. The Hall–Kier alpha value is -2.41. The minimum absolute atomic E-state index is 0.0396. The SMILES string of the molecule is O=C(O)Cc1ccccc1OCc1cc(Cl)cc(NCC(F)(F)F)c1. The molecule has 0 unspecified atom stereocenters. The summed E-state index contributed by atoms with van der Waals surface area (Å²) in [5, 5.41) is 11.4. The average molecular weight is 374 g/mol. The van der Waals surface area contributed by atoms with Crippen LogP contribution in [-0.2, 0) is 17.8 Å². The van der Waals surface area contributed by atoms with E-state index in [1.54, 1.807) is 30.3 Å². The lowest BCUT2D eigenvalue weighted by Crippen LogP contribution is -2.21. The van der Waals surface area contributed by atoms with Crippen molar-refractivity contribution in [2.24, 2.45) is 0 Å². The molecule has 8 heteroatoms. The Labute approximate surface area is 147 Å². The fourth-order valence-corrected chi connectivity index (χ4v) is 2.41. The van der Waals surface area contributed by atoms with Gasteiger partial charge in [-0.15, -0.1) is 0 Å². The van der Waals surface area contributed by atoms with Gasteiger partial charge in [-0.2, -0.15) is 13.2 Å². The van der Waals surface area contributed by atoms with Crippen LogP contribution >= 0.6 is 11.6 Å². The van der Waals surface area contributed by atoms with Gasteiger partial charge in [0.15, 0.2) is 0 Å². The molecule has 0 aliphatic rings. The normalized spacial score (nSPS) is 11.2. The van der Waals surface area contributed by atoms with Crippen molar-refractivity contribution < 1.29 is 27.8 Å². The van der Waals surface area contributed by atoms with Crippen LogP contribution in [0.5, 0.6) is 5.75 Å². The Balaban J connectivity index is 2.08. The summed E-state index contributed by atoms with van der Waals surface area (Å²) in [4.78, 5) is 10.9. The third-order valence-electron chi connectivity index (χ3n) is 3.16. The fraction of sp³-hybridized carbons (Fsp3) is 0.235. The van der Waals surface area contributed by atoms with Crippen molar-refractivity contribution in [1.29, 1.82) is 0 Å². The summed E-state index contributed by atoms with van der Waals surface area (Å²) in [5.41, 5.74) is 1.29. The van der Waals surface area contributed by atoms with Crippen LogP contribution in [0.25, 0.3) is 0 Å². The van der Waals surface area contributed by atoms with E-state index >= 15 is 0 Å². The second-order valence-corrected chi connectivity index (χ2v) is 5.72. The number of benzene rings is 2. The lowest BCUT2D eigenvalue weighted by molar-refractivity contribution is -0.136. The number of aliphatic carboxylic acids is 1. The van der Waals surface area contributed by atoms with Crippen molar-refractivity contribution in [2.75, 3.05) is 11.9 Å². The van der Waals surface area contributed by atoms with E-state index in [1.807, 2.05) is 0 Å². The number of rotatable bonds is 7. The van der Waals surface area contributed by atoms with Gasteiger partial charge in [-0.1, -0.05) is 29.8 Å². The maximum Gasteiger partial charge on any atom is 0.405 e. The number of nitrogens with one attached hydrogen (secondary N) is 1. The van der Waals surface area contributed by atoms with Gasteiger partial charge in [0, 0.05) is 16.3 Å². The van der Waals surface area contributed by atoms with Crippen LogP contribution in [0.3, 0.4) is 0 Å². The number of halogens is 4. The summed E-state index contributed by atoms with van der Waals surface area (Å²) in [6.07, 6.45) is -4.53. The summed E-state index contributed by atoms with van der Waals surface area (Å²) in [7, 11) is 0. The standard InChI is InChI=1S/C17H15ClF3NO3/c18-13-5-11(6-14(8-13)22-10-17(19,20)21)9-25-15-4-2-1-3-12(15)7-16(23)24/h1-6,8,22H,7,9-10H2,(H,23,24). The van der Waals surface area contributed by atoms with Crippen molar-refractivity contribution in [3.63, 3.8) is 0 Å². The van der Waals surface area contributed by atoms with Gasteiger partial charge in [0.1, 0.15) is 18.9 Å². The summed E-state index contributed by atoms with van der Waals surface area (Å²) < 4.78 is 42.5. The molecule has 0 spiro atoms. The van der Waals surface area contributed by atoms with Gasteiger partial charge in [-0.3, -0.25) is 4.79 Å². The zero-order valence-corrected chi connectivity index (χ0v) is 13.7. The highest BCUT2D eigenvalue weighted by Crippen LogP contribution is 2.24. The highest BCUT2D eigenvalue weighted by Gasteiger charge is 2.26. The fourth-order valence-electron chi connectivity index (χ4n) is 2.15. The molecule has 2 aromatic carbocycles. The molecule has 2 aromatic rings. The van der Waals surface area contributed by atoms with Gasteiger partial charge < -0.3 is 15.2 Å². The number of hydrogen-bond acceptors (Lipinski definition) is 3. The summed E-state index contributed by atoms with van der Waals surface area (Å²) in [5.74, 6) is -0.591. The molecule has 134 valence electrons. The molecule has 0 atom stereocenters. The van der Waals surface area contributed by atoms with Crippen LogP contribution in [0.4, 0.5) is 18.9 Å². The maximum atomic E-state index is 12.3. The first kappa shape index (κ1) is 18.9. The molecule has 0 saturated carbocycles. The van der Waals surface area contributed by atoms with Crippen molar-refractivity contribution >= 4 is 23.3 Å². The largest absolute Gasteiger partial charge is 0.489 e. The zero-order chi connectivity index (χ0) is 18.4. The van der Waals surface area contributed by atoms with E-state index in [2.05, 4.69) is 5.32 Å². The molecule has 2 rings (SSSR count). The van der Waals surface area contributed by atoms with Gasteiger partial charge in [-0.05, 0) is 29.8 Å². The predicted molar refractivity (Wildman–Crippen MR) is 88.1 cm³/mol. The van der Waals surface area contributed by atoms with Crippen molar-refractivity contribution in [3.8, 4) is 5.75 Å². The average Bonchev–Trinajstić information content (AvgIpc) is 2.50. The number of alkyl halides is 3. The third-order valence-corrected chi connectivity index (χ3v) is 3.38. The molecule has 0 radical (unpaired) electrons. The first-order chi connectivity index (χ1) is 11.7. The quantitative estimate of drug-likeness (QED) is 0.749. The summed E-state index contributed by atoms with van der Waals surface area (Å²) >= 11 is 5.93. The monoisotopic (exact) mass is 373 g/mol. The number of para-hydroxylation sites is 1. The predicted octanol–water partition coefficient (Wildman–Crippen LogP) is 4.52. The molecule has 0 fully saturated rings. The first-order valence-corrected chi connectivity index (χ1v) is 7.63. The summed E-state index contributed by atoms with van der Waals surface area (Å²) in [6, 6.07) is 11.1. The van der Waals surface area contributed by atoms with E-state index in [0.717, 1.165) is 0 Å². The van der Waals surface area contributed by atoms with Gasteiger partial charge >= 0.3 is 12.1 Å². The molecule has 0 heterocycles. The first-order valence-electron chi connectivity index (χ1n) is 7.25. The Kier molecular flexibility index (Phi) is 6.14. The summed E-state index contributed by atoms with van der Waals surface area (Å²) in [6.45, 7) is -1.13. The van der Waals surface area contributed by atoms with E-state index in [0.29, 0.717) is 16.9 Å². The smallest absolute Gasteiger partial charge is 0.405 e. The number of carboxylic acid groups (broad SMARTS) is 1. The Morgan fingerprint density at radius 2 is 1.92 bits per heavy atom. The minimum atomic E-state index is -4.34. The molecule has 0 aliphatic carbocycles. The lowest BCUT2D eigenvalue weighted by Gasteiger charge is -2.13. The maximum absolute atomic E-state index is 12.3. The lowest BCUT2D eigenvalue weighted by atomic mass is 10.1. The molecule has 2 N–H and O–H groups in total. The van der Waals surface area contributed by atoms with E-state index in [1.165, 1.54) is 12.1 Å². The molecule has 0 bridgehead atoms. The molecular weight excluding hydrogens is 359 g/mol. The highest BCUT2D eigenvalue weighted by atomic mass is 35.5. The molecule has 4 nitrogen and oxygen atoms in total. The van der Waals surface area contributed by atoms with Crippen LogP contribution in [-0.4, -0.2) is 23.8 Å².